The second kappa shape index (κ2) is 6.78. The van der Waals surface area contributed by atoms with Crippen LogP contribution in [0, 0.1) is 0 Å². The summed E-state index contributed by atoms with van der Waals surface area (Å²) in [6.45, 7) is -0.259. The molecule has 0 unspecified atom stereocenters. The van der Waals surface area contributed by atoms with E-state index >= 15 is 0 Å². The van der Waals surface area contributed by atoms with Gasteiger partial charge in [-0.2, -0.15) is 13.2 Å². The average Bonchev–Trinajstić information content (AvgIpc) is 3.03. The highest BCUT2D eigenvalue weighted by Crippen LogP contribution is 2.34. The number of halogens is 3. The minimum Gasteiger partial charge on any atom is -0.484 e. The molecule has 1 aliphatic carbocycles. The van der Waals surface area contributed by atoms with E-state index in [4.69, 9.17) is 9.15 Å². The Labute approximate surface area is 140 Å². The van der Waals surface area contributed by atoms with Gasteiger partial charge in [0.1, 0.15) is 11.3 Å². The Morgan fingerprint density at radius 2 is 1.96 bits per heavy atom. The number of nitrogens with one attached hydrogen (secondary N) is 1. The minimum atomic E-state index is -4.67. The Kier molecular flexibility index (Phi) is 4.69. The summed E-state index contributed by atoms with van der Waals surface area (Å²) in [5.41, 5.74) is -2.41. The van der Waals surface area contributed by atoms with Crippen LogP contribution in [0.5, 0.6) is 5.75 Å². The number of carbonyl (C=O) groups excluding carboxylic acids is 1. The van der Waals surface area contributed by atoms with Crippen molar-refractivity contribution in [3.05, 3.63) is 40.2 Å². The molecule has 1 aromatic heterocycles. The molecule has 5 nitrogen and oxygen atoms in total. The highest BCUT2D eigenvalue weighted by atomic mass is 19.4. The van der Waals surface area contributed by atoms with Crippen molar-refractivity contribution >= 4 is 16.9 Å². The van der Waals surface area contributed by atoms with Crippen LogP contribution in [-0.2, 0) is 11.0 Å². The van der Waals surface area contributed by atoms with Crippen LogP contribution in [0.3, 0.4) is 0 Å². The van der Waals surface area contributed by atoms with E-state index < -0.39 is 17.4 Å². The van der Waals surface area contributed by atoms with Gasteiger partial charge in [-0.1, -0.05) is 12.8 Å². The van der Waals surface area contributed by atoms with Crippen molar-refractivity contribution in [1.82, 2.24) is 5.32 Å². The van der Waals surface area contributed by atoms with Crippen molar-refractivity contribution in [2.75, 3.05) is 6.61 Å². The first-order valence-electron chi connectivity index (χ1n) is 7.90. The molecule has 1 aromatic carbocycles. The van der Waals surface area contributed by atoms with Crippen LogP contribution < -0.4 is 15.7 Å². The first kappa shape index (κ1) is 17.3. The fraction of sp³-hybridized carbons (Fsp3) is 0.412. The number of amides is 1. The molecule has 2 aromatic rings. The van der Waals surface area contributed by atoms with E-state index in [9.17, 15) is 22.8 Å². The van der Waals surface area contributed by atoms with Gasteiger partial charge in [0.2, 0.25) is 0 Å². The highest BCUT2D eigenvalue weighted by molar-refractivity contribution is 5.82. The number of rotatable bonds is 4. The molecule has 1 fully saturated rings. The number of hydrogen-bond acceptors (Lipinski definition) is 4. The molecular weight excluding hydrogens is 339 g/mol. The third-order valence-corrected chi connectivity index (χ3v) is 4.11. The summed E-state index contributed by atoms with van der Waals surface area (Å²) >= 11 is 0. The summed E-state index contributed by atoms with van der Waals surface area (Å²) in [6.07, 6.45) is -0.633. The van der Waals surface area contributed by atoms with Crippen molar-refractivity contribution in [2.24, 2.45) is 0 Å². The van der Waals surface area contributed by atoms with E-state index in [0.717, 1.165) is 31.7 Å². The number of alkyl halides is 3. The topological polar surface area (TPSA) is 68.5 Å². The number of benzene rings is 1. The van der Waals surface area contributed by atoms with Gasteiger partial charge in [0, 0.05) is 23.6 Å². The van der Waals surface area contributed by atoms with Gasteiger partial charge in [-0.25, -0.2) is 4.79 Å². The second-order valence-electron chi connectivity index (χ2n) is 5.97. The first-order valence-corrected chi connectivity index (χ1v) is 7.90. The maximum absolute atomic E-state index is 13.0. The molecule has 8 heteroatoms. The van der Waals surface area contributed by atoms with Crippen LogP contribution in [0.1, 0.15) is 31.2 Å². The van der Waals surface area contributed by atoms with Crippen molar-refractivity contribution in [1.29, 1.82) is 0 Å². The van der Waals surface area contributed by atoms with Gasteiger partial charge in [0.15, 0.2) is 6.61 Å². The molecule has 0 bridgehead atoms. The zero-order valence-electron chi connectivity index (χ0n) is 13.2. The fourth-order valence-corrected chi connectivity index (χ4v) is 2.96. The zero-order valence-corrected chi connectivity index (χ0v) is 13.2. The zero-order chi connectivity index (χ0) is 18.0. The maximum atomic E-state index is 13.0. The Hall–Kier alpha value is -2.51. The van der Waals surface area contributed by atoms with Crippen molar-refractivity contribution in [3.63, 3.8) is 0 Å². The lowest BCUT2D eigenvalue weighted by atomic mass is 10.1. The molecule has 0 aliphatic heterocycles. The van der Waals surface area contributed by atoms with Gasteiger partial charge in [-0.05, 0) is 25.0 Å². The van der Waals surface area contributed by atoms with E-state index in [0.29, 0.717) is 6.07 Å². The number of ether oxygens (including phenoxy) is 1. The van der Waals surface area contributed by atoms with Crippen molar-refractivity contribution in [2.45, 2.75) is 37.9 Å². The molecule has 25 heavy (non-hydrogen) atoms. The predicted octanol–water partition coefficient (Wildman–Crippen LogP) is 3.25. The summed E-state index contributed by atoms with van der Waals surface area (Å²) in [7, 11) is 0. The molecule has 1 amide bonds. The second-order valence-corrected chi connectivity index (χ2v) is 5.97. The molecule has 134 valence electrons. The van der Waals surface area contributed by atoms with Crippen LogP contribution >= 0.6 is 0 Å². The van der Waals surface area contributed by atoms with E-state index in [2.05, 4.69) is 5.32 Å². The average molecular weight is 355 g/mol. The summed E-state index contributed by atoms with van der Waals surface area (Å²) < 4.78 is 49.1. The lowest BCUT2D eigenvalue weighted by molar-refractivity contribution is -0.136. The quantitative estimate of drug-likeness (QED) is 0.855. The SMILES string of the molecule is O=C(COc1ccc2c(C(F)(F)F)cc(=O)oc2c1)NC1CCCC1. The molecule has 1 heterocycles. The lowest BCUT2D eigenvalue weighted by Gasteiger charge is -2.13. The molecule has 1 N–H and O–H groups in total. The third kappa shape index (κ3) is 4.12. The summed E-state index contributed by atoms with van der Waals surface area (Å²) in [5, 5.41) is 2.60. The molecule has 0 saturated heterocycles. The normalized spacial score (nSPS) is 15.5. The van der Waals surface area contributed by atoms with Crippen molar-refractivity contribution in [3.8, 4) is 5.75 Å². The third-order valence-electron chi connectivity index (χ3n) is 4.11. The van der Waals surface area contributed by atoms with Crippen LogP contribution in [0.25, 0.3) is 11.0 Å². The molecule has 0 spiro atoms. The largest absolute Gasteiger partial charge is 0.484 e. The van der Waals surface area contributed by atoms with Crippen LogP contribution in [0.2, 0.25) is 0 Å². The van der Waals surface area contributed by atoms with Gasteiger partial charge >= 0.3 is 11.8 Å². The molecule has 1 aliphatic rings. The molecular formula is C17H16F3NO4. The Morgan fingerprint density at radius 1 is 1.24 bits per heavy atom. The Bertz CT molecular complexity index is 838. The van der Waals surface area contributed by atoms with Crippen LogP contribution in [0.15, 0.2) is 33.5 Å². The van der Waals surface area contributed by atoms with Gasteiger partial charge in [-0.15, -0.1) is 0 Å². The summed E-state index contributed by atoms with van der Waals surface area (Å²) in [5.74, 6) is -0.144. The lowest BCUT2D eigenvalue weighted by Crippen LogP contribution is -2.36. The van der Waals surface area contributed by atoms with E-state index in [1.54, 1.807) is 0 Å². The minimum absolute atomic E-state index is 0.150. The number of fused-ring (bicyclic) bond motifs is 1. The van der Waals surface area contributed by atoms with Crippen LogP contribution in [-0.4, -0.2) is 18.6 Å². The van der Waals surface area contributed by atoms with E-state index in [1.165, 1.54) is 12.1 Å². The van der Waals surface area contributed by atoms with Gasteiger partial charge in [0.05, 0.1) is 5.56 Å². The Morgan fingerprint density at radius 3 is 2.64 bits per heavy atom. The van der Waals surface area contributed by atoms with E-state index in [-0.39, 0.29) is 35.3 Å². The predicted molar refractivity (Wildman–Crippen MR) is 83.4 cm³/mol. The smallest absolute Gasteiger partial charge is 0.417 e. The van der Waals surface area contributed by atoms with Gasteiger partial charge < -0.3 is 14.5 Å². The summed E-state index contributed by atoms with van der Waals surface area (Å²) in [6, 6.07) is 4.21. The molecule has 3 rings (SSSR count). The first-order chi connectivity index (χ1) is 11.8. The monoisotopic (exact) mass is 355 g/mol. The fourth-order valence-electron chi connectivity index (χ4n) is 2.96. The van der Waals surface area contributed by atoms with Gasteiger partial charge in [-0.3, -0.25) is 4.79 Å². The molecule has 0 radical (unpaired) electrons. The number of hydrogen-bond donors (Lipinski definition) is 1. The summed E-state index contributed by atoms with van der Waals surface area (Å²) in [4.78, 5) is 23.2. The Balaban J connectivity index is 1.75. The number of carbonyl (C=O) groups is 1. The van der Waals surface area contributed by atoms with Gasteiger partial charge in [0.25, 0.3) is 5.91 Å². The standard InChI is InChI=1S/C17H16F3NO4/c18-17(19,20)13-8-16(23)25-14-7-11(5-6-12(13)14)24-9-15(22)21-10-3-1-2-4-10/h5-8,10H,1-4,9H2,(H,21,22). The van der Waals surface area contributed by atoms with Crippen LogP contribution in [0.4, 0.5) is 13.2 Å². The molecule has 1 saturated carbocycles. The maximum Gasteiger partial charge on any atom is 0.417 e. The highest BCUT2D eigenvalue weighted by Gasteiger charge is 2.33. The molecule has 0 atom stereocenters. The van der Waals surface area contributed by atoms with E-state index in [1.807, 2.05) is 0 Å². The van der Waals surface area contributed by atoms with Crippen molar-refractivity contribution < 1.29 is 27.1 Å².